The number of nitro benzene ring substituents is 1. The van der Waals surface area contributed by atoms with Crippen LogP contribution in [0.5, 0.6) is 0 Å². The smallest absolute Gasteiger partial charge is 0.374 e. The first-order valence-electron chi connectivity index (χ1n) is 4.84. The van der Waals surface area contributed by atoms with E-state index in [0.717, 1.165) is 13.2 Å². The van der Waals surface area contributed by atoms with Crippen LogP contribution in [0, 0.1) is 10.1 Å². The van der Waals surface area contributed by atoms with E-state index >= 15 is 0 Å². The standard InChI is InChI=1S/C11H7NO6/c1-17-11(14)9-5-8(13)6-3-2-4-7(12(15)16)10(6)18-9/h2-5H,1H3. The van der Waals surface area contributed by atoms with Gasteiger partial charge in [-0.2, -0.15) is 0 Å². The van der Waals surface area contributed by atoms with Gasteiger partial charge in [0.15, 0.2) is 5.43 Å². The Bertz CT molecular complexity index is 702. The minimum atomic E-state index is -0.868. The molecular formula is C11H7NO6. The second-order valence-corrected chi connectivity index (χ2v) is 3.38. The maximum Gasteiger partial charge on any atom is 0.374 e. The summed E-state index contributed by atoms with van der Waals surface area (Å²) in [5, 5.41) is 10.8. The third kappa shape index (κ3) is 1.81. The van der Waals surface area contributed by atoms with Crippen molar-refractivity contribution in [3.05, 3.63) is 50.4 Å². The molecule has 7 heteroatoms. The second-order valence-electron chi connectivity index (χ2n) is 3.38. The van der Waals surface area contributed by atoms with Crippen LogP contribution in [0.2, 0.25) is 0 Å². The molecule has 2 aromatic rings. The Morgan fingerprint density at radius 2 is 2.17 bits per heavy atom. The highest BCUT2D eigenvalue weighted by molar-refractivity contribution is 5.91. The quantitative estimate of drug-likeness (QED) is 0.454. The van der Waals surface area contributed by atoms with Crippen LogP contribution in [0.15, 0.2) is 33.5 Å². The van der Waals surface area contributed by atoms with Crippen molar-refractivity contribution in [1.82, 2.24) is 0 Å². The molecule has 0 amide bonds. The number of carbonyl (C=O) groups excluding carboxylic acids is 1. The summed E-state index contributed by atoms with van der Waals surface area (Å²) in [5.74, 6) is -1.24. The lowest BCUT2D eigenvalue weighted by Crippen LogP contribution is -2.09. The normalized spacial score (nSPS) is 10.3. The molecule has 7 nitrogen and oxygen atoms in total. The van der Waals surface area contributed by atoms with E-state index in [0.29, 0.717) is 0 Å². The number of fused-ring (bicyclic) bond motifs is 1. The molecule has 0 radical (unpaired) electrons. The molecule has 1 heterocycles. The Labute approximate surface area is 99.7 Å². The summed E-state index contributed by atoms with van der Waals surface area (Å²) in [6.07, 6.45) is 0. The van der Waals surface area contributed by atoms with Crippen molar-refractivity contribution in [2.75, 3.05) is 7.11 Å². The fraction of sp³-hybridized carbons (Fsp3) is 0.0909. The van der Waals surface area contributed by atoms with Crippen molar-refractivity contribution >= 4 is 22.6 Å². The summed E-state index contributed by atoms with van der Waals surface area (Å²) < 4.78 is 9.47. The van der Waals surface area contributed by atoms with Gasteiger partial charge in [0.05, 0.1) is 17.4 Å². The van der Waals surface area contributed by atoms with E-state index in [1.165, 1.54) is 18.2 Å². The third-order valence-corrected chi connectivity index (χ3v) is 2.32. The summed E-state index contributed by atoms with van der Waals surface area (Å²) in [5.41, 5.74) is -1.16. The SMILES string of the molecule is COC(=O)c1cc(=O)c2cccc([N+](=O)[O-])c2o1. The van der Waals surface area contributed by atoms with E-state index < -0.39 is 16.3 Å². The first-order chi connectivity index (χ1) is 8.54. The van der Waals surface area contributed by atoms with Gasteiger partial charge in [-0.25, -0.2) is 4.79 Å². The van der Waals surface area contributed by atoms with Crippen molar-refractivity contribution < 1.29 is 18.9 Å². The molecule has 0 N–H and O–H groups in total. The van der Waals surface area contributed by atoms with Crippen LogP contribution in [0.4, 0.5) is 5.69 Å². The molecular weight excluding hydrogens is 242 g/mol. The molecule has 2 rings (SSSR count). The highest BCUT2D eigenvalue weighted by Gasteiger charge is 2.19. The van der Waals surface area contributed by atoms with E-state index in [9.17, 15) is 19.7 Å². The zero-order valence-corrected chi connectivity index (χ0v) is 9.21. The van der Waals surface area contributed by atoms with Gasteiger partial charge in [-0.15, -0.1) is 0 Å². The number of esters is 1. The molecule has 0 aliphatic rings. The number of methoxy groups -OCH3 is 1. The maximum atomic E-state index is 11.7. The predicted molar refractivity (Wildman–Crippen MR) is 60.5 cm³/mol. The first-order valence-corrected chi connectivity index (χ1v) is 4.84. The van der Waals surface area contributed by atoms with Crippen LogP contribution < -0.4 is 5.43 Å². The lowest BCUT2D eigenvalue weighted by Gasteiger charge is -2.01. The summed E-state index contributed by atoms with van der Waals surface area (Å²) >= 11 is 0. The minimum absolute atomic E-state index is 0.0388. The highest BCUT2D eigenvalue weighted by Crippen LogP contribution is 2.24. The van der Waals surface area contributed by atoms with Gasteiger partial charge < -0.3 is 9.15 Å². The van der Waals surface area contributed by atoms with Crippen LogP contribution in [0.1, 0.15) is 10.6 Å². The number of rotatable bonds is 2. The van der Waals surface area contributed by atoms with Gasteiger partial charge in [0.1, 0.15) is 0 Å². The van der Waals surface area contributed by atoms with E-state index in [1.807, 2.05) is 0 Å². The van der Waals surface area contributed by atoms with Gasteiger partial charge in [0.2, 0.25) is 11.3 Å². The zero-order chi connectivity index (χ0) is 13.3. The molecule has 92 valence electrons. The number of benzene rings is 1. The summed E-state index contributed by atoms with van der Waals surface area (Å²) in [6, 6.07) is 4.88. The summed E-state index contributed by atoms with van der Waals surface area (Å²) in [7, 11) is 1.12. The Morgan fingerprint density at radius 3 is 2.78 bits per heavy atom. The van der Waals surface area contributed by atoms with Crippen molar-refractivity contribution in [2.24, 2.45) is 0 Å². The molecule has 0 aliphatic carbocycles. The average Bonchev–Trinajstić information content (AvgIpc) is 2.36. The Morgan fingerprint density at radius 1 is 1.44 bits per heavy atom. The van der Waals surface area contributed by atoms with Gasteiger partial charge in [-0.05, 0) is 6.07 Å². The fourth-order valence-electron chi connectivity index (χ4n) is 1.51. The van der Waals surface area contributed by atoms with Crippen LogP contribution in [-0.4, -0.2) is 18.0 Å². The second kappa shape index (κ2) is 4.28. The largest absolute Gasteiger partial charge is 0.463 e. The number of ether oxygens (including phenoxy) is 1. The molecule has 0 unspecified atom stereocenters. The van der Waals surface area contributed by atoms with E-state index in [4.69, 9.17) is 4.42 Å². The highest BCUT2D eigenvalue weighted by atomic mass is 16.6. The lowest BCUT2D eigenvalue weighted by atomic mass is 10.2. The van der Waals surface area contributed by atoms with Crippen molar-refractivity contribution in [3.8, 4) is 0 Å². The number of carbonyl (C=O) groups is 1. The molecule has 0 spiro atoms. The van der Waals surface area contributed by atoms with Gasteiger partial charge in [0, 0.05) is 12.1 Å². The van der Waals surface area contributed by atoms with Gasteiger partial charge >= 0.3 is 11.7 Å². The zero-order valence-electron chi connectivity index (χ0n) is 9.21. The van der Waals surface area contributed by atoms with E-state index in [2.05, 4.69) is 4.74 Å². The van der Waals surface area contributed by atoms with Gasteiger partial charge in [0.25, 0.3) is 0 Å². The maximum absolute atomic E-state index is 11.7. The van der Waals surface area contributed by atoms with Gasteiger partial charge in [-0.1, -0.05) is 6.07 Å². The van der Waals surface area contributed by atoms with Crippen LogP contribution in [0.3, 0.4) is 0 Å². The number of para-hydroxylation sites is 1. The van der Waals surface area contributed by atoms with Crippen LogP contribution >= 0.6 is 0 Å². The first kappa shape index (κ1) is 11.8. The number of hydrogen-bond donors (Lipinski definition) is 0. The molecule has 1 aromatic heterocycles. The summed E-state index contributed by atoms with van der Waals surface area (Å²) in [6.45, 7) is 0. The molecule has 0 aliphatic heterocycles. The molecule has 0 saturated heterocycles. The van der Waals surface area contributed by atoms with Crippen molar-refractivity contribution in [2.45, 2.75) is 0 Å². The molecule has 0 bridgehead atoms. The minimum Gasteiger partial charge on any atom is -0.463 e. The van der Waals surface area contributed by atoms with Crippen molar-refractivity contribution in [1.29, 1.82) is 0 Å². The van der Waals surface area contributed by atoms with Crippen molar-refractivity contribution in [3.63, 3.8) is 0 Å². The van der Waals surface area contributed by atoms with E-state index in [-0.39, 0.29) is 22.4 Å². The fourth-order valence-corrected chi connectivity index (χ4v) is 1.51. The van der Waals surface area contributed by atoms with E-state index in [1.54, 1.807) is 0 Å². The lowest BCUT2D eigenvalue weighted by molar-refractivity contribution is -0.383. The Kier molecular flexibility index (Phi) is 2.80. The Hall–Kier alpha value is -2.70. The summed E-state index contributed by atoms with van der Waals surface area (Å²) in [4.78, 5) is 33.1. The number of hydrogen-bond acceptors (Lipinski definition) is 6. The molecule has 0 saturated carbocycles. The molecule has 0 atom stereocenters. The molecule has 1 aromatic carbocycles. The number of nitrogens with zero attached hydrogens (tertiary/aromatic N) is 1. The third-order valence-electron chi connectivity index (χ3n) is 2.32. The number of non-ortho nitro benzene ring substituents is 1. The average molecular weight is 249 g/mol. The molecule has 0 fully saturated rings. The topological polar surface area (TPSA) is 99.7 Å². The predicted octanol–water partition coefficient (Wildman–Crippen LogP) is 1.49. The monoisotopic (exact) mass is 249 g/mol. The number of nitro groups is 1. The van der Waals surface area contributed by atoms with Gasteiger partial charge in [-0.3, -0.25) is 14.9 Å². The van der Waals surface area contributed by atoms with Crippen LogP contribution in [-0.2, 0) is 4.74 Å². The van der Waals surface area contributed by atoms with Crippen LogP contribution in [0.25, 0.3) is 11.0 Å². The molecule has 18 heavy (non-hydrogen) atoms. The Balaban J connectivity index is 2.84.